The summed E-state index contributed by atoms with van der Waals surface area (Å²) in [6.45, 7) is 6.11. The number of hydrogen-bond donors (Lipinski definition) is 3. The van der Waals surface area contributed by atoms with Crippen LogP contribution in [0.4, 0.5) is 11.9 Å². The quantitative estimate of drug-likeness (QED) is 0.119. The summed E-state index contributed by atoms with van der Waals surface area (Å²) in [4.78, 5) is 28.7. The van der Waals surface area contributed by atoms with Gasteiger partial charge in [-0.25, -0.2) is 0 Å². The number of pyridine rings is 1. The van der Waals surface area contributed by atoms with Crippen LogP contribution >= 0.6 is 0 Å². The molecule has 3 heterocycles. The summed E-state index contributed by atoms with van der Waals surface area (Å²) in [5.74, 6) is 1.39. The number of fused-ring (bicyclic) bond motifs is 2. The highest BCUT2D eigenvalue weighted by molar-refractivity contribution is 5.97. The number of aromatic nitrogens is 5. The Morgan fingerprint density at radius 3 is 2.73 bits per heavy atom. The third kappa shape index (κ3) is 7.27. The first-order valence-electron chi connectivity index (χ1n) is 15.0. The Hall–Kier alpha value is -4.67. The molecule has 5 aromatic rings. The molecule has 0 bridgehead atoms. The molecule has 10 nitrogen and oxygen atoms in total. The number of benzene rings is 2. The van der Waals surface area contributed by atoms with Gasteiger partial charge in [-0.2, -0.15) is 19.6 Å². The summed E-state index contributed by atoms with van der Waals surface area (Å²) >= 11 is 0. The highest BCUT2D eigenvalue weighted by Gasteiger charge is 2.16. The van der Waals surface area contributed by atoms with Crippen molar-refractivity contribution >= 4 is 34.1 Å². The number of nitrogens with one attached hydrogen (secondary N) is 2. The van der Waals surface area contributed by atoms with Gasteiger partial charge in [0.05, 0.1) is 11.9 Å². The number of hydrogen-bond acceptors (Lipinski definition) is 9. The maximum absolute atomic E-state index is 12.5. The van der Waals surface area contributed by atoms with Crippen LogP contribution in [0.1, 0.15) is 42.9 Å². The summed E-state index contributed by atoms with van der Waals surface area (Å²) in [5.41, 5.74) is 5.69. The van der Waals surface area contributed by atoms with E-state index in [1.54, 1.807) is 10.6 Å². The van der Waals surface area contributed by atoms with Crippen LogP contribution in [0.3, 0.4) is 0 Å². The SMILES string of the molecule is CC(C)c1cnn2c(NCc3ccccc3-c3nccc4cc(CC(=O)/C=C/CN(C)C)ccc34)nc(NCCCO)nc12. The van der Waals surface area contributed by atoms with Crippen molar-refractivity contribution in [2.45, 2.75) is 39.2 Å². The zero-order chi connectivity index (χ0) is 31.1. The molecule has 0 aliphatic heterocycles. The van der Waals surface area contributed by atoms with E-state index < -0.39 is 0 Å². The van der Waals surface area contributed by atoms with Crippen molar-refractivity contribution in [3.8, 4) is 11.3 Å². The van der Waals surface area contributed by atoms with Crippen LogP contribution in [0.5, 0.6) is 0 Å². The lowest BCUT2D eigenvalue weighted by atomic mass is 9.97. The van der Waals surface area contributed by atoms with E-state index in [2.05, 4.69) is 53.8 Å². The molecule has 0 atom stereocenters. The molecule has 5 rings (SSSR count). The highest BCUT2D eigenvalue weighted by atomic mass is 16.3. The number of anilines is 2. The van der Waals surface area contributed by atoms with Gasteiger partial charge in [-0.3, -0.25) is 9.78 Å². The Bertz CT molecular complexity index is 1780. The second-order valence-corrected chi connectivity index (χ2v) is 11.4. The van der Waals surface area contributed by atoms with Crippen molar-refractivity contribution in [3.63, 3.8) is 0 Å². The van der Waals surface area contributed by atoms with E-state index in [1.807, 2.05) is 61.7 Å². The topological polar surface area (TPSA) is 121 Å². The fourth-order valence-corrected chi connectivity index (χ4v) is 5.06. The number of nitrogens with zero attached hydrogens (tertiary/aromatic N) is 6. The summed E-state index contributed by atoms with van der Waals surface area (Å²) in [6, 6.07) is 16.3. The Morgan fingerprint density at radius 1 is 1.09 bits per heavy atom. The molecule has 0 radical (unpaired) electrons. The van der Waals surface area contributed by atoms with Crippen molar-refractivity contribution in [1.82, 2.24) is 29.5 Å². The van der Waals surface area contributed by atoms with Crippen LogP contribution in [-0.2, 0) is 17.8 Å². The third-order valence-electron chi connectivity index (χ3n) is 7.33. The van der Waals surface area contributed by atoms with Gasteiger partial charge in [0.15, 0.2) is 11.4 Å². The van der Waals surface area contributed by atoms with E-state index in [4.69, 9.17) is 15.0 Å². The zero-order valence-electron chi connectivity index (χ0n) is 25.8. The van der Waals surface area contributed by atoms with Crippen LogP contribution in [0.2, 0.25) is 0 Å². The molecule has 0 unspecified atom stereocenters. The van der Waals surface area contributed by atoms with Gasteiger partial charge in [0, 0.05) is 55.4 Å². The monoisotopic (exact) mass is 592 g/mol. The number of ketones is 1. The molecule has 0 saturated heterocycles. The highest BCUT2D eigenvalue weighted by Crippen LogP contribution is 2.30. The first-order valence-corrected chi connectivity index (χ1v) is 15.0. The second-order valence-electron chi connectivity index (χ2n) is 11.4. The molecule has 0 spiro atoms. The maximum Gasteiger partial charge on any atom is 0.229 e. The van der Waals surface area contributed by atoms with Crippen LogP contribution < -0.4 is 10.6 Å². The predicted octanol–water partition coefficient (Wildman–Crippen LogP) is 5.10. The molecule has 0 amide bonds. The molecule has 0 saturated carbocycles. The average molecular weight is 593 g/mol. The van der Waals surface area contributed by atoms with E-state index in [9.17, 15) is 9.90 Å². The van der Waals surface area contributed by atoms with Crippen LogP contribution in [-0.4, -0.2) is 74.1 Å². The van der Waals surface area contributed by atoms with Gasteiger partial charge < -0.3 is 20.6 Å². The summed E-state index contributed by atoms with van der Waals surface area (Å²) < 4.78 is 1.74. The van der Waals surface area contributed by atoms with Crippen molar-refractivity contribution in [2.24, 2.45) is 0 Å². The Morgan fingerprint density at radius 2 is 1.93 bits per heavy atom. The fraction of sp³-hybridized carbons (Fsp3) is 0.324. The van der Waals surface area contributed by atoms with E-state index in [-0.39, 0.29) is 18.3 Å². The first kappa shape index (κ1) is 30.8. The molecule has 2 aromatic carbocycles. The normalized spacial score (nSPS) is 11.8. The number of likely N-dealkylation sites (N-methyl/N-ethyl adjacent to an activating group) is 1. The van der Waals surface area contributed by atoms with Gasteiger partial charge in [-0.15, -0.1) is 0 Å². The predicted molar refractivity (Wildman–Crippen MR) is 176 cm³/mol. The Labute approximate surface area is 257 Å². The number of aliphatic hydroxyl groups excluding tert-OH is 1. The summed E-state index contributed by atoms with van der Waals surface area (Å²) in [6.07, 6.45) is 8.18. The maximum atomic E-state index is 12.5. The minimum absolute atomic E-state index is 0.0835. The lowest BCUT2D eigenvalue weighted by molar-refractivity contribution is -0.114. The summed E-state index contributed by atoms with van der Waals surface area (Å²) in [7, 11) is 3.95. The molecule has 10 heteroatoms. The van der Waals surface area contributed by atoms with E-state index in [1.165, 1.54) is 0 Å². The van der Waals surface area contributed by atoms with E-state index in [0.29, 0.717) is 37.8 Å². The van der Waals surface area contributed by atoms with E-state index in [0.717, 1.165) is 50.9 Å². The largest absolute Gasteiger partial charge is 0.396 e. The van der Waals surface area contributed by atoms with Gasteiger partial charge in [0.2, 0.25) is 11.9 Å². The van der Waals surface area contributed by atoms with Gasteiger partial charge in [-0.05, 0) is 55.1 Å². The molecule has 0 aliphatic carbocycles. The van der Waals surface area contributed by atoms with Gasteiger partial charge >= 0.3 is 0 Å². The Balaban J connectivity index is 1.42. The van der Waals surface area contributed by atoms with Crippen LogP contribution in [0.15, 0.2) is 73.1 Å². The van der Waals surface area contributed by atoms with Crippen molar-refractivity contribution in [1.29, 1.82) is 0 Å². The average Bonchev–Trinajstić information content (AvgIpc) is 3.44. The lowest BCUT2D eigenvalue weighted by Gasteiger charge is -2.14. The molecule has 0 aliphatic rings. The number of rotatable bonds is 14. The molecule has 44 heavy (non-hydrogen) atoms. The third-order valence-corrected chi connectivity index (χ3v) is 7.33. The number of allylic oxidation sites excluding steroid dienone is 1. The number of carbonyl (C=O) groups excluding carboxylic acids is 1. The molecule has 3 N–H and O–H groups in total. The van der Waals surface area contributed by atoms with Gasteiger partial charge in [0.25, 0.3) is 0 Å². The lowest BCUT2D eigenvalue weighted by Crippen LogP contribution is -2.13. The molecule has 0 fully saturated rings. The standard InChI is InChI=1S/C34H40N8O2/c1-23(2)30-22-38-42-32(30)39-33(36-15-8-18-43)40-34(42)37-21-26-9-5-6-11-28(26)31-29-13-12-24(19-25(29)14-16-35-31)20-27(44)10-7-17-41(3)4/h5-7,9-14,16,19,22-23,43H,8,15,17-18,20-21H2,1-4H3,(H2,36,37,39,40)/b10-7+. The van der Waals surface area contributed by atoms with E-state index >= 15 is 0 Å². The minimum Gasteiger partial charge on any atom is -0.396 e. The van der Waals surface area contributed by atoms with Gasteiger partial charge in [-0.1, -0.05) is 62.4 Å². The molecular weight excluding hydrogens is 552 g/mol. The summed E-state index contributed by atoms with van der Waals surface area (Å²) in [5, 5.41) is 22.6. The minimum atomic E-state index is 0.0835. The van der Waals surface area contributed by atoms with Crippen molar-refractivity contribution in [3.05, 3.63) is 89.8 Å². The number of aliphatic hydroxyl groups is 1. The van der Waals surface area contributed by atoms with Crippen molar-refractivity contribution < 1.29 is 9.90 Å². The molecule has 228 valence electrons. The van der Waals surface area contributed by atoms with Crippen LogP contribution in [0, 0.1) is 0 Å². The van der Waals surface area contributed by atoms with Crippen LogP contribution in [0.25, 0.3) is 27.7 Å². The van der Waals surface area contributed by atoms with Gasteiger partial charge in [0.1, 0.15) is 0 Å². The van der Waals surface area contributed by atoms with Crippen molar-refractivity contribution in [2.75, 3.05) is 44.4 Å². The molecule has 3 aromatic heterocycles. The number of carbonyl (C=O) groups is 1. The fourth-order valence-electron chi connectivity index (χ4n) is 5.06. The Kier molecular flexibility index (Phi) is 9.93. The first-order chi connectivity index (χ1) is 21.3. The zero-order valence-corrected chi connectivity index (χ0v) is 25.8. The smallest absolute Gasteiger partial charge is 0.229 e. The molecular formula is C34H40N8O2. The second kappa shape index (κ2) is 14.2.